The summed E-state index contributed by atoms with van der Waals surface area (Å²) in [5, 5.41) is 1.63. The normalized spacial score (nSPS) is 11.3. The van der Waals surface area contributed by atoms with Gasteiger partial charge in [-0.15, -0.1) is 0 Å². The van der Waals surface area contributed by atoms with E-state index in [1.165, 1.54) is 5.56 Å². The van der Waals surface area contributed by atoms with E-state index in [2.05, 4.69) is 37.9 Å². The van der Waals surface area contributed by atoms with E-state index in [1.54, 1.807) is 0 Å². The van der Waals surface area contributed by atoms with Crippen LogP contribution in [0.3, 0.4) is 0 Å². The van der Waals surface area contributed by atoms with E-state index >= 15 is 0 Å². The predicted molar refractivity (Wildman–Crippen MR) is 95.1 cm³/mol. The predicted octanol–water partition coefficient (Wildman–Crippen LogP) is 4.02. The van der Waals surface area contributed by atoms with Gasteiger partial charge in [0.1, 0.15) is 0 Å². The van der Waals surface area contributed by atoms with Crippen molar-refractivity contribution in [1.29, 1.82) is 0 Å². The second-order valence-corrected chi connectivity index (χ2v) is 6.50. The lowest BCUT2D eigenvalue weighted by Crippen LogP contribution is -2.10. The van der Waals surface area contributed by atoms with Crippen molar-refractivity contribution < 1.29 is 0 Å². The number of aromatic nitrogens is 1. The number of halogens is 1. The van der Waals surface area contributed by atoms with Crippen LogP contribution < -0.4 is 5.56 Å². The molecule has 0 radical (unpaired) electrons. The van der Waals surface area contributed by atoms with Gasteiger partial charge >= 0.3 is 0 Å². The van der Waals surface area contributed by atoms with Crippen LogP contribution in [-0.4, -0.2) is 24.0 Å². The van der Waals surface area contributed by atoms with Gasteiger partial charge in [-0.3, -0.25) is 4.79 Å². The molecule has 0 aliphatic rings. The molecule has 1 N–H and O–H groups in total. The topological polar surface area (TPSA) is 36.1 Å². The molecular formula is C18H17BrN2O. The summed E-state index contributed by atoms with van der Waals surface area (Å²) in [6.45, 7) is 0.903. The number of aromatic amines is 1. The van der Waals surface area contributed by atoms with Crippen LogP contribution in [0.25, 0.3) is 22.0 Å². The fraction of sp³-hybridized carbons (Fsp3) is 0.167. The molecule has 0 atom stereocenters. The molecule has 1 heterocycles. The number of rotatable bonds is 3. The van der Waals surface area contributed by atoms with Gasteiger partial charge < -0.3 is 9.88 Å². The summed E-state index contributed by atoms with van der Waals surface area (Å²) in [7, 11) is 4.10. The van der Waals surface area contributed by atoms with Crippen LogP contribution >= 0.6 is 15.9 Å². The third-order valence-electron chi connectivity index (χ3n) is 3.60. The maximum Gasteiger partial charge on any atom is 0.256 e. The molecule has 0 fully saturated rings. The summed E-state index contributed by atoms with van der Waals surface area (Å²) >= 11 is 3.52. The molecule has 0 unspecified atom stereocenters. The Morgan fingerprint density at radius 2 is 1.77 bits per heavy atom. The summed E-state index contributed by atoms with van der Waals surface area (Å²) in [6, 6.07) is 16.0. The number of benzene rings is 2. The Bertz CT molecular complexity index is 866. The van der Waals surface area contributed by atoms with Crippen molar-refractivity contribution >= 4 is 26.7 Å². The number of nitrogens with one attached hydrogen (secondary N) is 1. The van der Waals surface area contributed by atoms with Crippen LogP contribution in [-0.2, 0) is 6.54 Å². The minimum atomic E-state index is -0.0637. The van der Waals surface area contributed by atoms with Crippen LogP contribution in [0.1, 0.15) is 5.56 Å². The van der Waals surface area contributed by atoms with E-state index in [0.717, 1.165) is 27.7 Å². The van der Waals surface area contributed by atoms with E-state index in [4.69, 9.17) is 0 Å². The molecule has 2 aromatic carbocycles. The molecule has 0 saturated carbocycles. The van der Waals surface area contributed by atoms with Gasteiger partial charge in [0.25, 0.3) is 5.56 Å². The SMILES string of the molecule is CN(C)Cc1ccc(-c2cc3c(Br)cccc3c(=O)[nH]2)cc1. The standard InChI is InChI=1S/C18H17BrN2O/c1-21(2)11-12-6-8-13(9-7-12)17-10-15-14(18(22)20-17)4-3-5-16(15)19/h3-10H,11H2,1-2H3,(H,20,22). The molecule has 0 amide bonds. The van der Waals surface area contributed by atoms with Crippen LogP contribution in [0, 0.1) is 0 Å². The zero-order chi connectivity index (χ0) is 15.7. The van der Waals surface area contributed by atoms with Crippen molar-refractivity contribution in [2.75, 3.05) is 14.1 Å². The third-order valence-corrected chi connectivity index (χ3v) is 4.29. The Labute approximate surface area is 137 Å². The number of hydrogen-bond acceptors (Lipinski definition) is 2. The average Bonchev–Trinajstić information content (AvgIpc) is 2.48. The van der Waals surface area contributed by atoms with Gasteiger partial charge in [0.15, 0.2) is 0 Å². The Kier molecular flexibility index (Phi) is 4.14. The highest BCUT2D eigenvalue weighted by molar-refractivity contribution is 9.10. The zero-order valence-corrected chi connectivity index (χ0v) is 14.1. The molecule has 112 valence electrons. The first-order valence-corrected chi connectivity index (χ1v) is 7.89. The number of fused-ring (bicyclic) bond motifs is 1. The van der Waals surface area contributed by atoms with Crippen molar-refractivity contribution in [3.05, 3.63) is 68.9 Å². The maximum absolute atomic E-state index is 12.3. The van der Waals surface area contributed by atoms with Gasteiger partial charge in [0.2, 0.25) is 0 Å². The van der Waals surface area contributed by atoms with Crippen molar-refractivity contribution in [2.24, 2.45) is 0 Å². The molecule has 0 saturated heterocycles. The van der Waals surface area contributed by atoms with Crippen molar-refractivity contribution in [2.45, 2.75) is 6.54 Å². The molecular weight excluding hydrogens is 340 g/mol. The van der Waals surface area contributed by atoms with Gasteiger partial charge in [-0.25, -0.2) is 0 Å². The van der Waals surface area contributed by atoms with Gasteiger partial charge in [0.05, 0.1) is 0 Å². The molecule has 0 aliphatic carbocycles. The molecule has 22 heavy (non-hydrogen) atoms. The van der Waals surface area contributed by atoms with Crippen molar-refractivity contribution in [3.63, 3.8) is 0 Å². The quantitative estimate of drug-likeness (QED) is 0.769. The average molecular weight is 357 g/mol. The molecule has 0 bridgehead atoms. The summed E-state index contributed by atoms with van der Waals surface area (Å²) in [5.74, 6) is 0. The molecule has 1 aromatic heterocycles. The molecule has 3 aromatic rings. The lowest BCUT2D eigenvalue weighted by Gasteiger charge is -2.10. The van der Waals surface area contributed by atoms with E-state index in [-0.39, 0.29) is 5.56 Å². The second-order valence-electron chi connectivity index (χ2n) is 5.65. The summed E-state index contributed by atoms with van der Waals surface area (Å²) in [5.41, 5.74) is 3.03. The summed E-state index contributed by atoms with van der Waals surface area (Å²) in [6.07, 6.45) is 0. The minimum absolute atomic E-state index is 0.0637. The number of hydrogen-bond donors (Lipinski definition) is 1. The number of nitrogens with zero attached hydrogens (tertiary/aromatic N) is 1. The minimum Gasteiger partial charge on any atom is -0.321 e. The first kappa shape index (κ1) is 15.0. The fourth-order valence-corrected chi connectivity index (χ4v) is 3.04. The van der Waals surface area contributed by atoms with Gasteiger partial charge in [-0.05, 0) is 43.4 Å². The second kappa shape index (κ2) is 6.07. The van der Waals surface area contributed by atoms with Crippen LogP contribution in [0.2, 0.25) is 0 Å². The van der Waals surface area contributed by atoms with Crippen molar-refractivity contribution in [1.82, 2.24) is 9.88 Å². The highest BCUT2D eigenvalue weighted by atomic mass is 79.9. The van der Waals surface area contributed by atoms with E-state index < -0.39 is 0 Å². The van der Waals surface area contributed by atoms with Crippen LogP contribution in [0.4, 0.5) is 0 Å². The zero-order valence-electron chi connectivity index (χ0n) is 12.6. The van der Waals surface area contributed by atoms with Crippen LogP contribution in [0.5, 0.6) is 0 Å². The van der Waals surface area contributed by atoms with E-state index in [0.29, 0.717) is 5.39 Å². The lowest BCUT2D eigenvalue weighted by molar-refractivity contribution is 0.402. The summed E-state index contributed by atoms with van der Waals surface area (Å²) < 4.78 is 0.932. The fourth-order valence-electron chi connectivity index (χ4n) is 2.56. The van der Waals surface area contributed by atoms with Gasteiger partial charge in [0, 0.05) is 27.5 Å². The number of pyridine rings is 1. The first-order chi connectivity index (χ1) is 10.5. The molecule has 3 nitrogen and oxygen atoms in total. The van der Waals surface area contributed by atoms with Gasteiger partial charge in [-0.2, -0.15) is 0 Å². The Morgan fingerprint density at radius 3 is 2.45 bits per heavy atom. The molecule has 3 rings (SSSR count). The van der Waals surface area contributed by atoms with Gasteiger partial charge in [-0.1, -0.05) is 46.3 Å². The molecule has 4 heteroatoms. The highest BCUT2D eigenvalue weighted by Crippen LogP contribution is 2.25. The highest BCUT2D eigenvalue weighted by Gasteiger charge is 2.06. The lowest BCUT2D eigenvalue weighted by atomic mass is 10.1. The largest absolute Gasteiger partial charge is 0.321 e. The Hall–Kier alpha value is -1.91. The third kappa shape index (κ3) is 2.98. The molecule has 0 aliphatic heterocycles. The maximum atomic E-state index is 12.3. The smallest absolute Gasteiger partial charge is 0.256 e. The molecule has 0 spiro atoms. The summed E-state index contributed by atoms with van der Waals surface area (Å²) in [4.78, 5) is 17.4. The monoisotopic (exact) mass is 356 g/mol. The van der Waals surface area contributed by atoms with E-state index in [9.17, 15) is 4.79 Å². The Morgan fingerprint density at radius 1 is 1.05 bits per heavy atom. The first-order valence-electron chi connectivity index (χ1n) is 7.10. The Balaban J connectivity index is 2.07. The number of H-pyrrole nitrogens is 1. The van der Waals surface area contributed by atoms with Crippen molar-refractivity contribution in [3.8, 4) is 11.3 Å². The van der Waals surface area contributed by atoms with E-state index in [1.807, 2.05) is 50.5 Å². The van der Waals surface area contributed by atoms with Crippen LogP contribution in [0.15, 0.2) is 57.8 Å².